The van der Waals surface area contributed by atoms with E-state index in [1.54, 1.807) is 18.5 Å². The number of amides is 1. The van der Waals surface area contributed by atoms with Gasteiger partial charge in [0.05, 0.1) is 18.2 Å². The van der Waals surface area contributed by atoms with E-state index in [0.717, 1.165) is 31.6 Å². The lowest BCUT2D eigenvalue weighted by molar-refractivity contribution is 0.0760. The predicted molar refractivity (Wildman–Crippen MR) is 133 cm³/mol. The smallest absolute Gasteiger partial charge is 0.254 e. The maximum atomic E-state index is 13.3. The molecule has 1 amide bonds. The normalized spacial score (nSPS) is 14.1. The van der Waals surface area contributed by atoms with Gasteiger partial charge >= 0.3 is 0 Å². The first-order chi connectivity index (χ1) is 17.2. The number of hydrogen-bond acceptors (Lipinski definition) is 6. The van der Waals surface area contributed by atoms with Crippen molar-refractivity contribution in [2.24, 2.45) is 0 Å². The molecule has 3 aromatic rings. The number of pyridine rings is 1. The summed E-state index contributed by atoms with van der Waals surface area (Å²) in [6.07, 6.45) is 4.38. The van der Waals surface area contributed by atoms with Crippen molar-refractivity contribution >= 4 is 5.91 Å². The molecule has 4 rings (SSSR count). The molecule has 1 saturated heterocycles. The molecule has 0 aliphatic carbocycles. The summed E-state index contributed by atoms with van der Waals surface area (Å²) in [6, 6.07) is 19.1. The molecule has 2 heterocycles. The molecule has 7 heteroatoms. The Kier molecular flexibility index (Phi) is 8.31. The molecule has 0 saturated carbocycles. The minimum atomic E-state index is 0.00635. The molecule has 0 bridgehead atoms. The molecular formula is C28H30N4O3. The van der Waals surface area contributed by atoms with Gasteiger partial charge in [0.25, 0.3) is 5.91 Å². The number of aromatic nitrogens is 1. The van der Waals surface area contributed by atoms with E-state index in [2.05, 4.69) is 16.0 Å². The summed E-state index contributed by atoms with van der Waals surface area (Å²) < 4.78 is 11.8. The lowest BCUT2D eigenvalue weighted by Crippen LogP contribution is -2.35. The lowest BCUT2D eigenvalue weighted by atomic mass is 10.1. The van der Waals surface area contributed by atoms with Gasteiger partial charge in [-0.15, -0.1) is 0 Å². The highest BCUT2D eigenvalue weighted by Gasteiger charge is 2.22. The van der Waals surface area contributed by atoms with Gasteiger partial charge in [-0.1, -0.05) is 12.1 Å². The van der Waals surface area contributed by atoms with Gasteiger partial charge < -0.3 is 14.4 Å². The molecule has 0 atom stereocenters. The Labute approximate surface area is 206 Å². The van der Waals surface area contributed by atoms with E-state index in [4.69, 9.17) is 14.7 Å². The highest BCUT2D eigenvalue weighted by atomic mass is 16.5. The highest BCUT2D eigenvalue weighted by Crippen LogP contribution is 2.30. The maximum absolute atomic E-state index is 13.3. The second-order valence-electron chi connectivity index (χ2n) is 8.47. The fourth-order valence-corrected chi connectivity index (χ4v) is 4.13. The maximum Gasteiger partial charge on any atom is 0.254 e. The van der Waals surface area contributed by atoms with E-state index in [9.17, 15) is 4.79 Å². The molecule has 0 radical (unpaired) electrons. The number of hydrogen-bond donors (Lipinski definition) is 0. The van der Waals surface area contributed by atoms with Crippen molar-refractivity contribution < 1.29 is 14.3 Å². The molecule has 1 fully saturated rings. The third-order valence-electron chi connectivity index (χ3n) is 6.00. The minimum Gasteiger partial charge on any atom is -0.490 e. The van der Waals surface area contributed by atoms with Gasteiger partial charge in [0.2, 0.25) is 0 Å². The van der Waals surface area contributed by atoms with Crippen LogP contribution in [0.25, 0.3) is 0 Å². The molecule has 0 spiro atoms. The number of carbonyl (C=O) groups excluding carboxylic acids is 1. The summed E-state index contributed by atoms with van der Waals surface area (Å²) in [5.41, 5.74) is 3.46. The molecule has 1 aromatic heterocycles. The first-order valence-corrected chi connectivity index (χ1v) is 12.0. The van der Waals surface area contributed by atoms with Crippen molar-refractivity contribution in [1.29, 1.82) is 5.26 Å². The van der Waals surface area contributed by atoms with Gasteiger partial charge in [-0.3, -0.25) is 14.7 Å². The second kappa shape index (κ2) is 12.0. The fourth-order valence-electron chi connectivity index (χ4n) is 4.13. The lowest BCUT2D eigenvalue weighted by Gasteiger charge is -2.22. The monoisotopic (exact) mass is 470 g/mol. The van der Waals surface area contributed by atoms with Crippen molar-refractivity contribution in [2.75, 3.05) is 32.8 Å². The van der Waals surface area contributed by atoms with E-state index < -0.39 is 0 Å². The average molecular weight is 471 g/mol. The Hall–Kier alpha value is -3.89. The van der Waals surface area contributed by atoms with Crippen LogP contribution in [-0.4, -0.2) is 53.5 Å². The van der Waals surface area contributed by atoms with Gasteiger partial charge in [0.1, 0.15) is 6.61 Å². The summed E-state index contributed by atoms with van der Waals surface area (Å²) in [6.45, 7) is 6.72. The number of nitriles is 1. The van der Waals surface area contributed by atoms with Gasteiger partial charge in [0.15, 0.2) is 11.5 Å². The van der Waals surface area contributed by atoms with Crippen molar-refractivity contribution in [3.8, 4) is 17.6 Å². The van der Waals surface area contributed by atoms with Crippen LogP contribution in [-0.2, 0) is 13.2 Å². The van der Waals surface area contributed by atoms with E-state index in [1.165, 1.54) is 5.56 Å². The fraction of sp³-hybridized carbons (Fsp3) is 0.321. The first-order valence-electron chi connectivity index (χ1n) is 12.0. The number of carbonyl (C=O) groups is 1. The quantitative estimate of drug-likeness (QED) is 0.489. The van der Waals surface area contributed by atoms with Crippen LogP contribution >= 0.6 is 0 Å². The summed E-state index contributed by atoms with van der Waals surface area (Å²) >= 11 is 0. The molecule has 0 N–H and O–H groups in total. The van der Waals surface area contributed by atoms with Crippen LogP contribution in [0.4, 0.5) is 0 Å². The summed E-state index contributed by atoms with van der Waals surface area (Å²) in [5, 5.41) is 8.98. The molecule has 0 unspecified atom stereocenters. The number of nitrogens with zero attached hydrogens (tertiary/aromatic N) is 4. The Bertz CT molecular complexity index is 1160. The zero-order valence-electron chi connectivity index (χ0n) is 20.0. The van der Waals surface area contributed by atoms with Crippen molar-refractivity contribution in [2.45, 2.75) is 26.5 Å². The van der Waals surface area contributed by atoms with E-state index in [1.807, 2.05) is 60.4 Å². The Morgan fingerprint density at radius 1 is 0.943 bits per heavy atom. The van der Waals surface area contributed by atoms with E-state index >= 15 is 0 Å². The Morgan fingerprint density at radius 3 is 2.49 bits per heavy atom. The number of benzene rings is 2. The third-order valence-corrected chi connectivity index (χ3v) is 6.00. The Balaban J connectivity index is 1.38. The summed E-state index contributed by atoms with van der Waals surface area (Å²) in [7, 11) is 0. The van der Waals surface area contributed by atoms with Crippen LogP contribution in [0.2, 0.25) is 0 Å². The van der Waals surface area contributed by atoms with Gasteiger partial charge in [-0.2, -0.15) is 5.26 Å². The van der Waals surface area contributed by atoms with Crippen LogP contribution in [0.3, 0.4) is 0 Å². The molecule has 7 nitrogen and oxygen atoms in total. The predicted octanol–water partition coefficient (Wildman–Crippen LogP) is 4.28. The zero-order chi connectivity index (χ0) is 24.5. The number of rotatable bonds is 8. The molecule has 180 valence electrons. The second-order valence-corrected chi connectivity index (χ2v) is 8.47. The van der Waals surface area contributed by atoms with Crippen molar-refractivity contribution in [3.05, 3.63) is 89.2 Å². The molecule has 2 aromatic carbocycles. The first kappa shape index (κ1) is 24.2. The Morgan fingerprint density at radius 2 is 1.74 bits per heavy atom. The van der Waals surface area contributed by atoms with Crippen LogP contribution in [0.1, 0.15) is 40.4 Å². The SMILES string of the molecule is CCOc1cc(C(=O)N2CCCN(Cc3ccc(C#N)cc3)CC2)ccc1OCc1ccncc1. The van der Waals surface area contributed by atoms with Crippen molar-refractivity contribution in [1.82, 2.24) is 14.8 Å². The largest absolute Gasteiger partial charge is 0.490 e. The zero-order valence-corrected chi connectivity index (χ0v) is 20.0. The van der Waals surface area contributed by atoms with Crippen LogP contribution in [0, 0.1) is 11.3 Å². The highest BCUT2D eigenvalue weighted by molar-refractivity contribution is 5.95. The molecular weight excluding hydrogens is 440 g/mol. The average Bonchev–Trinajstić information content (AvgIpc) is 3.14. The summed E-state index contributed by atoms with van der Waals surface area (Å²) in [4.78, 5) is 21.6. The van der Waals surface area contributed by atoms with Gasteiger partial charge in [-0.05, 0) is 66.9 Å². The topological polar surface area (TPSA) is 78.7 Å². The molecule has 1 aliphatic heterocycles. The van der Waals surface area contributed by atoms with E-state index in [0.29, 0.717) is 48.9 Å². The van der Waals surface area contributed by atoms with Crippen LogP contribution in [0.15, 0.2) is 67.0 Å². The summed E-state index contributed by atoms with van der Waals surface area (Å²) in [5.74, 6) is 1.20. The van der Waals surface area contributed by atoms with Crippen molar-refractivity contribution in [3.63, 3.8) is 0 Å². The van der Waals surface area contributed by atoms with Gasteiger partial charge in [0, 0.05) is 50.7 Å². The molecule has 1 aliphatic rings. The minimum absolute atomic E-state index is 0.00635. The number of ether oxygens (including phenoxy) is 2. The standard InChI is InChI=1S/C28H30N4O3/c1-2-34-27-18-25(8-9-26(27)35-21-24-10-12-30-13-11-24)28(33)32-15-3-14-31(16-17-32)20-23-6-4-22(19-29)5-7-23/h4-13,18H,2-3,14-17,20-21H2,1H3. The van der Waals surface area contributed by atoms with E-state index in [-0.39, 0.29) is 5.91 Å². The van der Waals surface area contributed by atoms with Gasteiger partial charge in [-0.25, -0.2) is 0 Å². The third kappa shape index (κ3) is 6.58. The van der Waals surface area contributed by atoms with Crippen LogP contribution < -0.4 is 9.47 Å². The molecule has 35 heavy (non-hydrogen) atoms. The van der Waals surface area contributed by atoms with Crippen LogP contribution in [0.5, 0.6) is 11.5 Å².